The van der Waals surface area contributed by atoms with E-state index in [-0.39, 0.29) is 5.43 Å². The summed E-state index contributed by atoms with van der Waals surface area (Å²) in [7, 11) is 0. The van der Waals surface area contributed by atoms with Crippen LogP contribution < -0.4 is 11.2 Å². The summed E-state index contributed by atoms with van der Waals surface area (Å²) in [5, 5.41) is 5.40. The molecule has 0 spiro atoms. The van der Waals surface area contributed by atoms with Crippen LogP contribution in [-0.4, -0.2) is 9.78 Å². The molecule has 0 unspecified atom stereocenters. The van der Waals surface area contributed by atoms with Gasteiger partial charge in [-0.3, -0.25) is 9.48 Å². The lowest BCUT2D eigenvalue weighted by Crippen LogP contribution is -2.13. The van der Waals surface area contributed by atoms with Crippen molar-refractivity contribution in [1.29, 1.82) is 0 Å². The van der Waals surface area contributed by atoms with Gasteiger partial charge in [0, 0.05) is 21.7 Å². The lowest BCUT2D eigenvalue weighted by atomic mass is 10.1. The minimum Gasteiger partial charge on any atom is -0.398 e. The minimum atomic E-state index is -0.0935. The first-order chi connectivity index (χ1) is 9.66. The van der Waals surface area contributed by atoms with Crippen molar-refractivity contribution in [2.24, 2.45) is 0 Å². The summed E-state index contributed by atoms with van der Waals surface area (Å²) < 4.78 is 1.73. The van der Waals surface area contributed by atoms with E-state index in [1.165, 1.54) is 6.20 Å². The number of nitrogens with two attached hydrogens (primary N) is 1. The second-order valence-corrected chi connectivity index (χ2v) is 4.90. The Hall–Kier alpha value is -2.33. The fourth-order valence-electron chi connectivity index (χ4n) is 2.18. The number of nitrogen functional groups attached to an aromatic ring is 1. The van der Waals surface area contributed by atoms with Gasteiger partial charge in [0.15, 0.2) is 0 Å². The molecule has 0 amide bonds. The van der Waals surface area contributed by atoms with E-state index in [0.717, 1.165) is 11.1 Å². The Morgan fingerprint density at radius 1 is 1.15 bits per heavy atom. The predicted molar refractivity (Wildman–Crippen MR) is 81.0 cm³/mol. The second-order valence-electron chi connectivity index (χ2n) is 4.49. The van der Waals surface area contributed by atoms with Crippen LogP contribution in [0, 0.1) is 0 Å². The van der Waals surface area contributed by atoms with Gasteiger partial charge in [0.25, 0.3) is 0 Å². The van der Waals surface area contributed by atoms with Gasteiger partial charge in [-0.15, -0.1) is 0 Å². The van der Waals surface area contributed by atoms with E-state index in [1.807, 2.05) is 18.2 Å². The summed E-state index contributed by atoms with van der Waals surface area (Å²) in [6.45, 7) is 0.423. The van der Waals surface area contributed by atoms with Crippen LogP contribution in [0.4, 0.5) is 5.69 Å². The van der Waals surface area contributed by atoms with Crippen LogP contribution in [0.5, 0.6) is 0 Å². The molecule has 3 rings (SSSR count). The first-order valence-electron chi connectivity index (χ1n) is 6.14. The smallest absolute Gasteiger partial charge is 0.207 e. The number of aromatic nitrogens is 2. The first-order valence-corrected chi connectivity index (χ1v) is 6.52. The Balaban J connectivity index is 2.17. The standard InChI is InChI=1S/C15H12ClN3O/c16-12-5-3-6-13(17)11(12)9-19-14-7-2-1-4-10(14)15(20)8-18-19/h1-8H,9,17H2. The molecule has 0 radical (unpaired) electrons. The quantitative estimate of drug-likeness (QED) is 0.737. The first kappa shape index (κ1) is 12.7. The molecule has 0 aliphatic rings. The molecule has 0 saturated heterocycles. The number of hydrogen-bond donors (Lipinski definition) is 1. The fraction of sp³-hybridized carbons (Fsp3) is 0.0667. The van der Waals surface area contributed by atoms with E-state index in [1.54, 1.807) is 28.9 Å². The van der Waals surface area contributed by atoms with Crippen molar-refractivity contribution in [3.63, 3.8) is 0 Å². The maximum Gasteiger partial charge on any atom is 0.207 e. The molecule has 4 nitrogen and oxygen atoms in total. The summed E-state index contributed by atoms with van der Waals surface area (Å²) in [6, 6.07) is 12.7. The van der Waals surface area contributed by atoms with Gasteiger partial charge in [-0.1, -0.05) is 29.8 Å². The number of para-hydroxylation sites is 1. The third-order valence-electron chi connectivity index (χ3n) is 3.22. The van der Waals surface area contributed by atoms with Gasteiger partial charge in [0.2, 0.25) is 5.43 Å². The van der Waals surface area contributed by atoms with E-state index in [2.05, 4.69) is 5.10 Å². The van der Waals surface area contributed by atoms with Crippen molar-refractivity contribution in [3.8, 4) is 0 Å². The van der Waals surface area contributed by atoms with Crippen LogP contribution in [0.2, 0.25) is 5.02 Å². The molecule has 5 heteroatoms. The van der Waals surface area contributed by atoms with Gasteiger partial charge in [0.1, 0.15) is 0 Å². The average molecular weight is 286 g/mol. The van der Waals surface area contributed by atoms with E-state index in [9.17, 15) is 4.79 Å². The highest BCUT2D eigenvalue weighted by Crippen LogP contribution is 2.23. The van der Waals surface area contributed by atoms with Gasteiger partial charge >= 0.3 is 0 Å². The average Bonchev–Trinajstić information content (AvgIpc) is 2.46. The number of nitrogens with zero attached hydrogens (tertiary/aromatic N) is 2. The fourth-order valence-corrected chi connectivity index (χ4v) is 2.42. The highest BCUT2D eigenvalue weighted by atomic mass is 35.5. The SMILES string of the molecule is Nc1cccc(Cl)c1Cn1ncc(=O)c2ccccc21. The van der Waals surface area contributed by atoms with Crippen LogP contribution >= 0.6 is 11.6 Å². The maximum atomic E-state index is 11.8. The summed E-state index contributed by atoms with van der Waals surface area (Å²) in [4.78, 5) is 11.8. The molecule has 0 saturated carbocycles. The molecule has 0 aliphatic carbocycles. The van der Waals surface area contributed by atoms with Crippen LogP contribution in [0.15, 0.2) is 53.5 Å². The summed E-state index contributed by atoms with van der Waals surface area (Å²) >= 11 is 6.18. The largest absolute Gasteiger partial charge is 0.398 e. The summed E-state index contributed by atoms with van der Waals surface area (Å²) in [5.41, 5.74) is 8.04. The summed E-state index contributed by atoms with van der Waals surface area (Å²) in [5.74, 6) is 0. The van der Waals surface area contributed by atoms with Crippen molar-refractivity contribution >= 4 is 28.2 Å². The number of fused-ring (bicyclic) bond motifs is 1. The lowest BCUT2D eigenvalue weighted by molar-refractivity contribution is 0.696. The van der Waals surface area contributed by atoms with Gasteiger partial charge in [-0.05, 0) is 24.3 Å². The number of benzene rings is 2. The van der Waals surface area contributed by atoms with Crippen molar-refractivity contribution in [1.82, 2.24) is 9.78 Å². The monoisotopic (exact) mass is 285 g/mol. The Bertz CT molecular complexity index is 822. The Morgan fingerprint density at radius 2 is 1.95 bits per heavy atom. The topological polar surface area (TPSA) is 60.9 Å². The van der Waals surface area contributed by atoms with Crippen LogP contribution in [0.1, 0.15) is 5.56 Å². The van der Waals surface area contributed by atoms with Crippen molar-refractivity contribution < 1.29 is 0 Å². The second kappa shape index (κ2) is 4.98. The number of anilines is 1. The molecule has 3 aromatic rings. The molecule has 0 bridgehead atoms. The molecule has 2 aromatic carbocycles. The molecule has 1 heterocycles. The van der Waals surface area contributed by atoms with E-state index >= 15 is 0 Å². The van der Waals surface area contributed by atoms with Crippen LogP contribution in [-0.2, 0) is 6.54 Å². The Kier molecular flexibility index (Phi) is 3.16. The number of halogens is 1. The molecule has 1 aromatic heterocycles. The Morgan fingerprint density at radius 3 is 2.75 bits per heavy atom. The normalized spacial score (nSPS) is 10.8. The maximum absolute atomic E-state index is 11.8. The third kappa shape index (κ3) is 2.14. The molecule has 2 N–H and O–H groups in total. The van der Waals surface area contributed by atoms with Crippen LogP contribution in [0.25, 0.3) is 10.9 Å². The van der Waals surface area contributed by atoms with Gasteiger partial charge in [0.05, 0.1) is 18.3 Å². The zero-order valence-electron chi connectivity index (χ0n) is 10.6. The van der Waals surface area contributed by atoms with Crippen molar-refractivity contribution in [3.05, 3.63) is 69.5 Å². The van der Waals surface area contributed by atoms with Crippen molar-refractivity contribution in [2.45, 2.75) is 6.54 Å². The molecule has 20 heavy (non-hydrogen) atoms. The molecular weight excluding hydrogens is 274 g/mol. The minimum absolute atomic E-state index is 0.0935. The molecular formula is C15H12ClN3O. The third-order valence-corrected chi connectivity index (χ3v) is 3.58. The van der Waals surface area contributed by atoms with E-state index in [4.69, 9.17) is 17.3 Å². The molecule has 100 valence electrons. The van der Waals surface area contributed by atoms with Gasteiger partial charge in [-0.25, -0.2) is 0 Å². The Labute approximate surface area is 120 Å². The highest BCUT2D eigenvalue weighted by Gasteiger charge is 2.08. The number of hydrogen-bond acceptors (Lipinski definition) is 3. The van der Waals surface area contributed by atoms with Gasteiger partial charge < -0.3 is 5.73 Å². The molecule has 0 fully saturated rings. The van der Waals surface area contributed by atoms with E-state index in [0.29, 0.717) is 22.6 Å². The molecule has 0 aliphatic heterocycles. The van der Waals surface area contributed by atoms with Crippen molar-refractivity contribution in [2.75, 3.05) is 5.73 Å². The molecule has 0 atom stereocenters. The van der Waals surface area contributed by atoms with Gasteiger partial charge in [-0.2, -0.15) is 5.10 Å². The summed E-state index contributed by atoms with van der Waals surface area (Å²) in [6.07, 6.45) is 1.31. The highest BCUT2D eigenvalue weighted by molar-refractivity contribution is 6.31. The zero-order chi connectivity index (χ0) is 14.1. The lowest BCUT2D eigenvalue weighted by Gasteiger charge is -2.12. The number of rotatable bonds is 2. The van der Waals surface area contributed by atoms with Crippen LogP contribution in [0.3, 0.4) is 0 Å². The predicted octanol–water partition coefficient (Wildman–Crippen LogP) is 2.68. The van der Waals surface area contributed by atoms with E-state index < -0.39 is 0 Å². The zero-order valence-corrected chi connectivity index (χ0v) is 11.3.